The number of epoxide rings is 1. The number of methoxy groups -OCH3 is 2. The van der Waals surface area contributed by atoms with Crippen LogP contribution in [0.4, 0.5) is 13.2 Å². The van der Waals surface area contributed by atoms with Crippen LogP contribution >= 0.6 is 0 Å². The van der Waals surface area contributed by atoms with Crippen LogP contribution in [0.15, 0.2) is 18.2 Å². The summed E-state index contributed by atoms with van der Waals surface area (Å²) in [5.41, 5.74) is -0.0608. The summed E-state index contributed by atoms with van der Waals surface area (Å²) in [5, 5.41) is 0. The molecule has 1 aliphatic rings. The van der Waals surface area contributed by atoms with Crippen LogP contribution in [0.3, 0.4) is 0 Å². The second-order valence-electron chi connectivity index (χ2n) is 4.36. The first-order valence-corrected chi connectivity index (χ1v) is 5.97. The van der Waals surface area contributed by atoms with Crippen LogP contribution in [0.2, 0.25) is 0 Å². The zero-order valence-electron chi connectivity index (χ0n) is 11.1. The lowest BCUT2D eigenvalue weighted by atomic mass is 10.1. The van der Waals surface area contributed by atoms with Crippen LogP contribution < -0.4 is 9.47 Å². The highest BCUT2D eigenvalue weighted by atomic mass is 19.4. The molecule has 0 bridgehead atoms. The van der Waals surface area contributed by atoms with E-state index in [-0.39, 0.29) is 29.8 Å². The SMILES string of the molecule is COc1cc(OC)cc(C(OCC2CO2)C(F)(F)F)c1. The Morgan fingerprint density at radius 2 is 1.75 bits per heavy atom. The molecule has 2 rings (SSSR count). The summed E-state index contributed by atoms with van der Waals surface area (Å²) < 4.78 is 59.1. The van der Waals surface area contributed by atoms with Crippen LogP contribution in [0.1, 0.15) is 11.7 Å². The molecule has 112 valence electrons. The van der Waals surface area contributed by atoms with Crippen LogP contribution in [-0.2, 0) is 9.47 Å². The minimum absolute atomic E-state index is 0.0608. The van der Waals surface area contributed by atoms with Crippen LogP contribution in [0.25, 0.3) is 0 Å². The van der Waals surface area contributed by atoms with E-state index in [2.05, 4.69) is 0 Å². The maximum absolute atomic E-state index is 13.1. The van der Waals surface area contributed by atoms with E-state index in [0.29, 0.717) is 6.61 Å². The molecule has 0 N–H and O–H groups in total. The van der Waals surface area contributed by atoms with Crippen molar-refractivity contribution in [2.45, 2.75) is 18.4 Å². The topological polar surface area (TPSA) is 40.2 Å². The lowest BCUT2D eigenvalue weighted by Crippen LogP contribution is -2.25. The smallest absolute Gasteiger partial charge is 0.418 e. The van der Waals surface area contributed by atoms with Gasteiger partial charge in [0.2, 0.25) is 0 Å². The van der Waals surface area contributed by atoms with Crippen molar-refractivity contribution < 1.29 is 32.1 Å². The molecule has 0 spiro atoms. The maximum atomic E-state index is 13.1. The van der Waals surface area contributed by atoms with E-state index in [0.717, 1.165) is 0 Å². The number of benzene rings is 1. The number of hydrogen-bond donors (Lipinski definition) is 0. The molecule has 20 heavy (non-hydrogen) atoms. The Morgan fingerprint density at radius 1 is 1.20 bits per heavy atom. The number of halogens is 3. The molecule has 1 fully saturated rings. The number of rotatable bonds is 6. The fourth-order valence-corrected chi connectivity index (χ4v) is 1.73. The van der Waals surface area contributed by atoms with Crippen molar-refractivity contribution in [3.05, 3.63) is 23.8 Å². The average molecular weight is 292 g/mol. The highest BCUT2D eigenvalue weighted by Crippen LogP contribution is 2.39. The van der Waals surface area contributed by atoms with Gasteiger partial charge in [0.15, 0.2) is 6.10 Å². The van der Waals surface area contributed by atoms with E-state index in [4.69, 9.17) is 18.9 Å². The average Bonchev–Trinajstić information content (AvgIpc) is 3.21. The molecule has 2 atom stereocenters. The first-order valence-electron chi connectivity index (χ1n) is 5.97. The largest absolute Gasteiger partial charge is 0.497 e. The first-order chi connectivity index (χ1) is 9.44. The predicted octanol–water partition coefficient (Wildman–Crippen LogP) is 2.72. The molecule has 0 saturated carbocycles. The van der Waals surface area contributed by atoms with E-state index in [1.54, 1.807) is 0 Å². The van der Waals surface area contributed by atoms with Gasteiger partial charge >= 0.3 is 6.18 Å². The van der Waals surface area contributed by atoms with Crippen LogP contribution in [0.5, 0.6) is 11.5 Å². The third-order valence-electron chi connectivity index (χ3n) is 2.82. The van der Waals surface area contributed by atoms with Gasteiger partial charge in [0.05, 0.1) is 27.4 Å². The zero-order chi connectivity index (χ0) is 14.8. The minimum Gasteiger partial charge on any atom is -0.497 e. The Balaban J connectivity index is 2.25. The van der Waals surface area contributed by atoms with Gasteiger partial charge < -0.3 is 18.9 Å². The number of alkyl halides is 3. The molecule has 1 aliphatic heterocycles. The van der Waals surface area contributed by atoms with Gasteiger partial charge in [0, 0.05) is 6.07 Å². The normalized spacial score (nSPS) is 19.6. The highest BCUT2D eigenvalue weighted by Gasteiger charge is 2.43. The molecule has 4 nitrogen and oxygen atoms in total. The molecule has 0 aromatic heterocycles. The molecule has 2 unspecified atom stereocenters. The zero-order valence-corrected chi connectivity index (χ0v) is 11.1. The number of hydrogen-bond acceptors (Lipinski definition) is 4. The van der Waals surface area contributed by atoms with Gasteiger partial charge in [-0.1, -0.05) is 0 Å². The summed E-state index contributed by atoms with van der Waals surface area (Å²) >= 11 is 0. The summed E-state index contributed by atoms with van der Waals surface area (Å²) in [7, 11) is 2.75. The summed E-state index contributed by atoms with van der Waals surface area (Å²) in [6.45, 7) is 0.343. The second-order valence-corrected chi connectivity index (χ2v) is 4.36. The standard InChI is InChI=1S/C13H15F3O4/c1-17-9-3-8(4-10(5-9)18-2)12(13(14,15)16)20-7-11-6-19-11/h3-5,11-12H,6-7H2,1-2H3. The van der Waals surface area contributed by atoms with E-state index >= 15 is 0 Å². The van der Waals surface area contributed by atoms with Crippen LogP contribution in [0, 0.1) is 0 Å². The van der Waals surface area contributed by atoms with Gasteiger partial charge in [-0.3, -0.25) is 0 Å². The van der Waals surface area contributed by atoms with E-state index in [9.17, 15) is 13.2 Å². The fourth-order valence-electron chi connectivity index (χ4n) is 1.73. The number of ether oxygens (including phenoxy) is 4. The van der Waals surface area contributed by atoms with Gasteiger partial charge in [0.1, 0.15) is 17.6 Å². The maximum Gasteiger partial charge on any atom is 0.418 e. The fraction of sp³-hybridized carbons (Fsp3) is 0.538. The highest BCUT2D eigenvalue weighted by molar-refractivity contribution is 5.39. The van der Waals surface area contributed by atoms with Gasteiger partial charge in [-0.15, -0.1) is 0 Å². The van der Waals surface area contributed by atoms with E-state index in [1.165, 1.54) is 32.4 Å². The second kappa shape index (κ2) is 5.88. The van der Waals surface area contributed by atoms with Crippen LogP contribution in [-0.4, -0.2) is 39.7 Å². The van der Waals surface area contributed by atoms with Gasteiger partial charge in [-0.05, 0) is 17.7 Å². The Bertz CT molecular complexity index is 435. The lowest BCUT2D eigenvalue weighted by molar-refractivity contribution is -0.224. The van der Waals surface area contributed by atoms with Gasteiger partial charge in [0.25, 0.3) is 0 Å². The van der Waals surface area contributed by atoms with Crippen molar-refractivity contribution in [3.8, 4) is 11.5 Å². The van der Waals surface area contributed by atoms with Crippen molar-refractivity contribution in [1.82, 2.24) is 0 Å². The van der Waals surface area contributed by atoms with Crippen molar-refractivity contribution in [2.24, 2.45) is 0 Å². The van der Waals surface area contributed by atoms with E-state index < -0.39 is 12.3 Å². The molecule has 1 heterocycles. The molecular weight excluding hydrogens is 277 g/mol. The monoisotopic (exact) mass is 292 g/mol. The van der Waals surface area contributed by atoms with Crippen molar-refractivity contribution in [3.63, 3.8) is 0 Å². The Labute approximate surface area is 114 Å². The third kappa shape index (κ3) is 3.77. The van der Waals surface area contributed by atoms with E-state index in [1.807, 2.05) is 0 Å². The van der Waals surface area contributed by atoms with Crippen molar-refractivity contribution >= 4 is 0 Å². The molecule has 1 aromatic rings. The molecule has 1 saturated heterocycles. The van der Waals surface area contributed by atoms with Crippen molar-refractivity contribution in [1.29, 1.82) is 0 Å². The Kier molecular flexibility index (Phi) is 4.39. The van der Waals surface area contributed by atoms with Crippen molar-refractivity contribution in [2.75, 3.05) is 27.4 Å². The third-order valence-corrected chi connectivity index (χ3v) is 2.82. The molecular formula is C13H15F3O4. The molecule has 0 amide bonds. The summed E-state index contributed by atoms with van der Waals surface area (Å²) in [6.07, 6.45) is -6.80. The Morgan fingerprint density at radius 3 is 2.15 bits per heavy atom. The molecule has 1 aromatic carbocycles. The van der Waals surface area contributed by atoms with Gasteiger partial charge in [-0.2, -0.15) is 13.2 Å². The quantitative estimate of drug-likeness (QED) is 0.756. The summed E-state index contributed by atoms with van der Waals surface area (Å²) in [6, 6.07) is 4.07. The molecule has 0 aliphatic carbocycles. The predicted molar refractivity (Wildman–Crippen MR) is 64.0 cm³/mol. The Hall–Kier alpha value is -1.47. The summed E-state index contributed by atoms with van der Waals surface area (Å²) in [5.74, 6) is 0.555. The lowest BCUT2D eigenvalue weighted by Gasteiger charge is -2.22. The molecule has 0 radical (unpaired) electrons. The minimum atomic E-state index is -4.52. The summed E-state index contributed by atoms with van der Waals surface area (Å²) in [4.78, 5) is 0. The first kappa shape index (κ1) is 14.9. The van der Waals surface area contributed by atoms with Gasteiger partial charge in [-0.25, -0.2) is 0 Å². The molecule has 7 heteroatoms.